The lowest BCUT2D eigenvalue weighted by Crippen LogP contribution is -1.59. The Kier molecular flexibility index (Phi) is 1.52. The van der Waals surface area contributed by atoms with E-state index in [0.717, 1.165) is 0 Å². The van der Waals surface area contributed by atoms with Gasteiger partial charge in [0.25, 0.3) is 0 Å². The molecule has 0 aliphatic rings. The summed E-state index contributed by atoms with van der Waals surface area (Å²) >= 11 is 6.91. The fourth-order valence-corrected chi connectivity index (χ4v) is 1.20. The first-order chi connectivity index (χ1) is 3.84. The van der Waals surface area contributed by atoms with E-state index in [0.29, 0.717) is 9.90 Å². The molecule has 0 fully saturated rings. The van der Waals surface area contributed by atoms with Gasteiger partial charge < -0.3 is 0 Å². The van der Waals surface area contributed by atoms with Crippen molar-refractivity contribution >= 4 is 22.9 Å². The maximum atomic E-state index is 8.28. The number of nitriles is 1. The monoisotopic (exact) mass is 143 g/mol. The number of nitrogens with zero attached hydrogens (tertiary/aromatic N) is 1. The Hall–Kier alpha value is -0.520. The molecule has 0 saturated heterocycles. The maximum absolute atomic E-state index is 8.28. The van der Waals surface area contributed by atoms with Gasteiger partial charge in [0.2, 0.25) is 0 Å². The molecule has 0 aliphatic carbocycles. The lowest BCUT2D eigenvalue weighted by atomic mass is 10.4. The summed E-state index contributed by atoms with van der Waals surface area (Å²) in [5.74, 6) is 0. The van der Waals surface area contributed by atoms with E-state index < -0.39 is 0 Å². The van der Waals surface area contributed by atoms with Gasteiger partial charge in [0, 0.05) is 0 Å². The SMILES string of the molecule is N#Cc1ccsc1Cl. The molecule has 0 radical (unpaired) electrons. The zero-order chi connectivity index (χ0) is 5.98. The first-order valence-corrected chi connectivity index (χ1v) is 3.23. The molecule has 8 heavy (non-hydrogen) atoms. The van der Waals surface area contributed by atoms with Crippen LogP contribution in [0.3, 0.4) is 0 Å². The summed E-state index contributed by atoms with van der Waals surface area (Å²) in [5, 5.41) is 10.1. The van der Waals surface area contributed by atoms with Crippen LogP contribution in [0.4, 0.5) is 0 Å². The number of hydrogen-bond donors (Lipinski definition) is 0. The average molecular weight is 144 g/mol. The molecule has 1 rings (SSSR count). The van der Waals surface area contributed by atoms with Crippen molar-refractivity contribution in [3.8, 4) is 6.07 Å². The van der Waals surface area contributed by atoms with Crippen LogP contribution in [0.25, 0.3) is 0 Å². The standard InChI is InChI=1S/C5H2ClNS/c6-5-4(3-7)1-2-8-5/h1-2H. The van der Waals surface area contributed by atoms with Crippen LogP contribution >= 0.6 is 22.9 Å². The predicted molar refractivity (Wildman–Crippen MR) is 34.0 cm³/mol. The molecular weight excluding hydrogens is 142 g/mol. The van der Waals surface area contributed by atoms with E-state index in [-0.39, 0.29) is 0 Å². The van der Waals surface area contributed by atoms with Crippen LogP contribution in [0.1, 0.15) is 5.56 Å². The lowest BCUT2D eigenvalue weighted by Gasteiger charge is -1.73. The molecule has 1 aromatic heterocycles. The first-order valence-electron chi connectivity index (χ1n) is 1.97. The van der Waals surface area contributed by atoms with Gasteiger partial charge in [-0.1, -0.05) is 11.6 Å². The van der Waals surface area contributed by atoms with E-state index >= 15 is 0 Å². The fourth-order valence-electron chi connectivity index (χ4n) is 0.372. The number of rotatable bonds is 0. The highest BCUT2D eigenvalue weighted by atomic mass is 35.5. The van der Waals surface area contributed by atoms with E-state index in [1.807, 2.05) is 6.07 Å². The maximum Gasteiger partial charge on any atom is 0.111 e. The van der Waals surface area contributed by atoms with Crippen LogP contribution in [-0.2, 0) is 0 Å². The van der Waals surface area contributed by atoms with Gasteiger partial charge in [-0.05, 0) is 11.4 Å². The van der Waals surface area contributed by atoms with Crippen LogP contribution in [-0.4, -0.2) is 0 Å². The van der Waals surface area contributed by atoms with Gasteiger partial charge >= 0.3 is 0 Å². The quantitative estimate of drug-likeness (QED) is 0.547. The van der Waals surface area contributed by atoms with Gasteiger partial charge in [-0.3, -0.25) is 0 Å². The van der Waals surface area contributed by atoms with E-state index in [1.165, 1.54) is 11.3 Å². The van der Waals surface area contributed by atoms with Gasteiger partial charge in [0.1, 0.15) is 10.4 Å². The highest BCUT2D eigenvalue weighted by molar-refractivity contribution is 7.14. The average Bonchev–Trinajstić information content (AvgIpc) is 2.14. The smallest absolute Gasteiger partial charge is 0.111 e. The molecule has 0 spiro atoms. The molecule has 0 atom stereocenters. The fraction of sp³-hybridized carbons (Fsp3) is 0. The van der Waals surface area contributed by atoms with Gasteiger partial charge in [-0.15, -0.1) is 11.3 Å². The second-order valence-electron chi connectivity index (χ2n) is 1.22. The summed E-state index contributed by atoms with van der Waals surface area (Å²) < 4.78 is 0.576. The largest absolute Gasteiger partial charge is 0.192 e. The Labute approximate surface area is 56.1 Å². The molecule has 0 unspecified atom stereocenters. The lowest BCUT2D eigenvalue weighted by molar-refractivity contribution is 1.51. The molecule has 3 heteroatoms. The Morgan fingerprint density at radius 1 is 1.75 bits per heavy atom. The number of hydrogen-bond acceptors (Lipinski definition) is 2. The second-order valence-corrected chi connectivity index (χ2v) is 2.74. The molecule has 40 valence electrons. The molecule has 0 bridgehead atoms. The molecular formula is C5H2ClNS. The van der Waals surface area contributed by atoms with Gasteiger partial charge in [-0.2, -0.15) is 5.26 Å². The Bertz CT molecular complexity index is 223. The van der Waals surface area contributed by atoms with Crippen LogP contribution in [0.15, 0.2) is 11.4 Å². The van der Waals surface area contributed by atoms with Crippen molar-refractivity contribution in [2.75, 3.05) is 0 Å². The van der Waals surface area contributed by atoms with Crippen molar-refractivity contribution in [2.45, 2.75) is 0 Å². The van der Waals surface area contributed by atoms with Crippen LogP contribution in [0.2, 0.25) is 4.34 Å². The van der Waals surface area contributed by atoms with Crippen LogP contribution in [0.5, 0.6) is 0 Å². The third-order valence-corrected chi connectivity index (χ3v) is 1.91. The summed E-state index contributed by atoms with van der Waals surface area (Å²) in [7, 11) is 0. The minimum absolute atomic E-state index is 0.566. The zero-order valence-electron chi connectivity index (χ0n) is 3.89. The first kappa shape index (κ1) is 5.61. The molecule has 1 aromatic rings. The molecule has 1 heterocycles. The summed E-state index contributed by atoms with van der Waals surface area (Å²) in [6, 6.07) is 3.66. The van der Waals surface area contributed by atoms with Crippen molar-refractivity contribution in [1.29, 1.82) is 5.26 Å². The Balaban J connectivity index is 3.15. The summed E-state index contributed by atoms with van der Waals surface area (Å²) in [6.07, 6.45) is 0. The van der Waals surface area contributed by atoms with E-state index in [9.17, 15) is 0 Å². The molecule has 0 aromatic carbocycles. The van der Waals surface area contributed by atoms with E-state index in [4.69, 9.17) is 16.9 Å². The molecule has 0 aliphatic heterocycles. The Morgan fingerprint density at radius 2 is 2.50 bits per heavy atom. The summed E-state index contributed by atoms with van der Waals surface area (Å²) in [4.78, 5) is 0. The highest BCUT2D eigenvalue weighted by Gasteiger charge is 1.95. The normalized spacial score (nSPS) is 8.50. The van der Waals surface area contributed by atoms with Gasteiger partial charge in [-0.25, -0.2) is 0 Å². The number of thiophene rings is 1. The van der Waals surface area contributed by atoms with Crippen molar-refractivity contribution in [3.63, 3.8) is 0 Å². The Morgan fingerprint density at radius 3 is 2.75 bits per heavy atom. The van der Waals surface area contributed by atoms with Crippen molar-refractivity contribution < 1.29 is 0 Å². The minimum Gasteiger partial charge on any atom is -0.192 e. The van der Waals surface area contributed by atoms with Crippen LogP contribution in [0, 0.1) is 11.3 Å². The topological polar surface area (TPSA) is 23.8 Å². The van der Waals surface area contributed by atoms with Crippen LogP contribution < -0.4 is 0 Å². The van der Waals surface area contributed by atoms with Crippen molar-refractivity contribution in [3.05, 3.63) is 21.3 Å². The highest BCUT2D eigenvalue weighted by Crippen LogP contribution is 2.20. The number of halogens is 1. The zero-order valence-corrected chi connectivity index (χ0v) is 5.46. The van der Waals surface area contributed by atoms with Crippen molar-refractivity contribution in [1.82, 2.24) is 0 Å². The third kappa shape index (κ3) is 0.835. The van der Waals surface area contributed by atoms with Crippen molar-refractivity contribution in [2.24, 2.45) is 0 Å². The second kappa shape index (κ2) is 2.17. The molecule has 1 nitrogen and oxygen atoms in total. The van der Waals surface area contributed by atoms with E-state index in [1.54, 1.807) is 11.4 Å². The predicted octanol–water partition coefficient (Wildman–Crippen LogP) is 2.27. The third-order valence-electron chi connectivity index (χ3n) is 0.738. The summed E-state index contributed by atoms with van der Waals surface area (Å²) in [5.41, 5.74) is 0.566. The van der Waals surface area contributed by atoms with E-state index in [2.05, 4.69) is 0 Å². The van der Waals surface area contributed by atoms with Gasteiger partial charge in [0.05, 0.1) is 5.56 Å². The summed E-state index contributed by atoms with van der Waals surface area (Å²) in [6.45, 7) is 0. The minimum atomic E-state index is 0.566. The molecule has 0 saturated carbocycles. The molecule has 0 amide bonds. The van der Waals surface area contributed by atoms with Gasteiger partial charge in [0.15, 0.2) is 0 Å². The molecule has 0 N–H and O–H groups in total.